The topological polar surface area (TPSA) is 86.3 Å². The van der Waals surface area contributed by atoms with Crippen LogP contribution in [0.5, 0.6) is 11.5 Å². The van der Waals surface area contributed by atoms with Gasteiger partial charge in [0.1, 0.15) is 30.3 Å². The molecule has 0 unspecified atom stereocenters. The average molecular weight is 491 g/mol. The summed E-state index contributed by atoms with van der Waals surface area (Å²) in [6.45, 7) is 5.18. The molecule has 0 bridgehead atoms. The molecule has 0 radical (unpaired) electrons. The van der Waals surface area contributed by atoms with Gasteiger partial charge in [0.15, 0.2) is 6.10 Å². The number of carbonyl (C=O) groups is 2. The molecule has 0 aliphatic carbocycles. The largest absolute Gasteiger partial charge is 0.490 e. The molecule has 3 aromatic carbocycles. The average Bonchev–Trinajstić information content (AvgIpc) is 2.92. The van der Waals surface area contributed by atoms with Gasteiger partial charge in [0.2, 0.25) is 0 Å². The van der Waals surface area contributed by atoms with E-state index in [-0.39, 0.29) is 12.2 Å². The first kappa shape index (κ1) is 25.1. The third-order valence-corrected chi connectivity index (χ3v) is 5.62. The molecule has 4 rings (SSSR count). The van der Waals surface area contributed by atoms with Gasteiger partial charge in [-0.2, -0.15) is 0 Å². The van der Waals surface area contributed by atoms with Crippen LogP contribution in [0, 0.1) is 0 Å². The monoisotopic (exact) mass is 490 g/mol. The lowest BCUT2D eigenvalue weighted by Gasteiger charge is -2.28. The predicted octanol–water partition coefficient (Wildman–Crippen LogP) is 4.17. The van der Waals surface area contributed by atoms with Crippen LogP contribution in [-0.2, 0) is 14.3 Å². The molecular weight excluding hydrogens is 460 g/mol. The Morgan fingerprint density at radius 2 is 1.56 bits per heavy atom. The Bertz CT molecular complexity index is 1130. The van der Waals surface area contributed by atoms with Gasteiger partial charge in [-0.3, -0.25) is 4.79 Å². The summed E-state index contributed by atoms with van der Waals surface area (Å²) in [6, 6.07) is 23.7. The molecule has 8 nitrogen and oxygen atoms in total. The smallest absolute Gasteiger partial charge is 0.342 e. The molecule has 36 heavy (non-hydrogen) atoms. The lowest BCUT2D eigenvalue weighted by Crippen LogP contribution is -2.36. The number of rotatable bonds is 10. The van der Waals surface area contributed by atoms with E-state index in [0.29, 0.717) is 31.3 Å². The fourth-order valence-electron chi connectivity index (χ4n) is 3.69. The van der Waals surface area contributed by atoms with Gasteiger partial charge in [-0.1, -0.05) is 30.3 Å². The van der Waals surface area contributed by atoms with Crippen LogP contribution in [-0.4, -0.2) is 57.5 Å². The lowest BCUT2D eigenvalue weighted by atomic mass is 10.2. The van der Waals surface area contributed by atoms with E-state index in [1.165, 1.54) is 6.92 Å². The molecule has 1 atom stereocenters. The number of benzene rings is 3. The quantitative estimate of drug-likeness (QED) is 0.337. The molecule has 0 saturated carbocycles. The summed E-state index contributed by atoms with van der Waals surface area (Å²) in [7, 11) is 0. The van der Waals surface area contributed by atoms with Gasteiger partial charge >= 0.3 is 5.97 Å². The Morgan fingerprint density at radius 1 is 0.889 bits per heavy atom. The molecule has 3 aromatic rings. The summed E-state index contributed by atoms with van der Waals surface area (Å²) in [5.41, 5.74) is 1.94. The highest BCUT2D eigenvalue weighted by atomic mass is 16.6. The molecule has 1 amide bonds. The Labute approximate surface area is 210 Å². The molecule has 1 fully saturated rings. The van der Waals surface area contributed by atoms with E-state index < -0.39 is 18.0 Å². The third-order valence-electron chi connectivity index (χ3n) is 5.62. The van der Waals surface area contributed by atoms with Crippen molar-refractivity contribution in [3.8, 4) is 11.5 Å². The summed E-state index contributed by atoms with van der Waals surface area (Å²) in [5.74, 6) is 0.0480. The van der Waals surface area contributed by atoms with Gasteiger partial charge in [0.05, 0.1) is 13.2 Å². The second-order valence-corrected chi connectivity index (χ2v) is 8.19. The number of morpholine rings is 1. The number of esters is 1. The standard InChI is InChI=1S/C28H30N2O6/c1-21(27(31)29-22-11-13-23(14-12-22)30-15-17-33-18-16-30)36-28(32)25-9-5-6-10-26(25)35-20-19-34-24-7-3-2-4-8-24/h2-14,21H,15-20H2,1H3,(H,29,31)/t21-/m1/s1. The van der Waals surface area contributed by atoms with Gasteiger partial charge in [0, 0.05) is 24.5 Å². The van der Waals surface area contributed by atoms with Crippen LogP contribution in [0.3, 0.4) is 0 Å². The van der Waals surface area contributed by atoms with E-state index in [0.717, 1.165) is 24.5 Å². The van der Waals surface area contributed by atoms with Crippen molar-refractivity contribution in [3.63, 3.8) is 0 Å². The summed E-state index contributed by atoms with van der Waals surface area (Å²) < 4.78 is 22.2. The molecule has 1 aliphatic rings. The van der Waals surface area contributed by atoms with Crippen molar-refractivity contribution in [2.75, 3.05) is 49.7 Å². The first-order valence-electron chi connectivity index (χ1n) is 11.9. The van der Waals surface area contributed by atoms with E-state index >= 15 is 0 Å². The minimum absolute atomic E-state index is 0.242. The number of hydrogen-bond acceptors (Lipinski definition) is 7. The maximum Gasteiger partial charge on any atom is 0.342 e. The number of nitrogens with one attached hydrogen (secondary N) is 1. The number of hydrogen-bond donors (Lipinski definition) is 1. The van der Waals surface area contributed by atoms with Crippen LogP contribution in [0.2, 0.25) is 0 Å². The second kappa shape index (κ2) is 12.6. The van der Waals surface area contributed by atoms with Crippen molar-refractivity contribution in [3.05, 3.63) is 84.4 Å². The molecule has 1 aliphatic heterocycles. The van der Waals surface area contributed by atoms with Crippen LogP contribution in [0.4, 0.5) is 11.4 Å². The Kier molecular flexibility index (Phi) is 8.77. The maximum absolute atomic E-state index is 12.8. The summed E-state index contributed by atoms with van der Waals surface area (Å²) in [5, 5.41) is 2.79. The number of anilines is 2. The minimum atomic E-state index is -0.995. The molecule has 0 aromatic heterocycles. The molecule has 1 N–H and O–H groups in total. The molecular formula is C28H30N2O6. The van der Waals surface area contributed by atoms with Crippen LogP contribution in [0.15, 0.2) is 78.9 Å². The first-order chi connectivity index (χ1) is 17.6. The predicted molar refractivity (Wildman–Crippen MR) is 137 cm³/mol. The first-order valence-corrected chi connectivity index (χ1v) is 11.9. The maximum atomic E-state index is 12.8. The Hall–Kier alpha value is -4.04. The van der Waals surface area contributed by atoms with E-state index in [1.54, 1.807) is 24.3 Å². The highest BCUT2D eigenvalue weighted by Crippen LogP contribution is 2.21. The van der Waals surface area contributed by atoms with Gasteiger partial charge in [-0.15, -0.1) is 0 Å². The normalized spacial score (nSPS) is 14.0. The number of amides is 1. The van der Waals surface area contributed by atoms with E-state index in [2.05, 4.69) is 10.2 Å². The molecule has 0 spiro atoms. The van der Waals surface area contributed by atoms with Gasteiger partial charge in [-0.05, 0) is 55.5 Å². The van der Waals surface area contributed by atoms with Crippen molar-refractivity contribution in [1.82, 2.24) is 0 Å². The molecule has 188 valence electrons. The fourth-order valence-corrected chi connectivity index (χ4v) is 3.69. The number of para-hydroxylation sites is 2. The zero-order chi connectivity index (χ0) is 25.2. The summed E-state index contributed by atoms with van der Waals surface area (Å²) >= 11 is 0. The second-order valence-electron chi connectivity index (χ2n) is 8.19. The summed E-state index contributed by atoms with van der Waals surface area (Å²) in [4.78, 5) is 27.6. The lowest BCUT2D eigenvalue weighted by molar-refractivity contribution is -0.123. The van der Waals surface area contributed by atoms with Crippen molar-refractivity contribution in [2.24, 2.45) is 0 Å². The van der Waals surface area contributed by atoms with Gasteiger partial charge < -0.3 is 29.2 Å². The van der Waals surface area contributed by atoms with E-state index in [9.17, 15) is 9.59 Å². The SMILES string of the molecule is C[C@@H](OC(=O)c1ccccc1OCCOc1ccccc1)C(=O)Nc1ccc(N2CCOCC2)cc1. The molecule has 1 heterocycles. The van der Waals surface area contributed by atoms with Gasteiger partial charge in [-0.25, -0.2) is 4.79 Å². The van der Waals surface area contributed by atoms with E-state index in [4.69, 9.17) is 18.9 Å². The van der Waals surface area contributed by atoms with Crippen molar-refractivity contribution in [1.29, 1.82) is 0 Å². The fraction of sp³-hybridized carbons (Fsp3) is 0.286. The molecule has 1 saturated heterocycles. The van der Waals surface area contributed by atoms with Gasteiger partial charge in [0.25, 0.3) is 5.91 Å². The zero-order valence-corrected chi connectivity index (χ0v) is 20.2. The van der Waals surface area contributed by atoms with Crippen molar-refractivity contribution < 1.29 is 28.5 Å². The van der Waals surface area contributed by atoms with Crippen LogP contribution >= 0.6 is 0 Å². The number of carbonyl (C=O) groups excluding carboxylic acids is 2. The van der Waals surface area contributed by atoms with Crippen LogP contribution in [0.25, 0.3) is 0 Å². The highest BCUT2D eigenvalue weighted by molar-refractivity contribution is 5.98. The van der Waals surface area contributed by atoms with Crippen LogP contribution < -0.4 is 19.7 Å². The zero-order valence-electron chi connectivity index (χ0n) is 20.2. The molecule has 8 heteroatoms. The number of ether oxygens (including phenoxy) is 4. The highest BCUT2D eigenvalue weighted by Gasteiger charge is 2.22. The van der Waals surface area contributed by atoms with Crippen LogP contribution in [0.1, 0.15) is 17.3 Å². The number of nitrogens with zero attached hydrogens (tertiary/aromatic N) is 1. The van der Waals surface area contributed by atoms with Crippen molar-refractivity contribution >= 4 is 23.3 Å². The Balaban J connectivity index is 1.27. The summed E-state index contributed by atoms with van der Waals surface area (Å²) in [6.07, 6.45) is -0.995. The van der Waals surface area contributed by atoms with E-state index in [1.807, 2.05) is 54.6 Å². The third kappa shape index (κ3) is 6.99. The minimum Gasteiger partial charge on any atom is -0.490 e. The Morgan fingerprint density at radius 3 is 2.31 bits per heavy atom. The van der Waals surface area contributed by atoms with Crippen molar-refractivity contribution in [2.45, 2.75) is 13.0 Å².